The summed E-state index contributed by atoms with van der Waals surface area (Å²) in [6.45, 7) is 6.80. The van der Waals surface area contributed by atoms with Crippen LogP contribution in [0.15, 0.2) is 66.0 Å². The molecule has 31 heavy (non-hydrogen) atoms. The molecule has 0 saturated carbocycles. The molecule has 1 heterocycles. The number of methoxy groups -OCH3 is 1. The lowest BCUT2D eigenvalue weighted by Crippen LogP contribution is -2.23. The van der Waals surface area contributed by atoms with Crippen molar-refractivity contribution in [3.8, 4) is 17.0 Å². The van der Waals surface area contributed by atoms with Gasteiger partial charge in [0.1, 0.15) is 11.6 Å². The van der Waals surface area contributed by atoms with Gasteiger partial charge in [-0.2, -0.15) is 11.8 Å². The quantitative estimate of drug-likeness (QED) is 0.285. The molecule has 4 rings (SSSR count). The predicted octanol–water partition coefficient (Wildman–Crippen LogP) is 7.93. The van der Waals surface area contributed by atoms with Crippen LogP contribution < -0.4 is 4.74 Å². The number of fused-ring (bicyclic) bond motifs is 1. The Balaban J connectivity index is 1.53. The smallest absolute Gasteiger partial charge is 0.131 e. The third-order valence-electron chi connectivity index (χ3n) is 5.85. The van der Waals surface area contributed by atoms with E-state index in [0.717, 1.165) is 33.2 Å². The van der Waals surface area contributed by atoms with Crippen molar-refractivity contribution in [2.45, 2.75) is 37.2 Å². The molecule has 0 unspecified atom stereocenters. The maximum Gasteiger partial charge on any atom is 0.131 e. The van der Waals surface area contributed by atoms with Gasteiger partial charge in [0.25, 0.3) is 0 Å². The zero-order valence-corrected chi connectivity index (χ0v) is 19.8. The molecule has 0 saturated heterocycles. The molecule has 0 fully saturated rings. The predicted molar refractivity (Wildman–Crippen MR) is 132 cm³/mol. The molecule has 1 atom stereocenters. The Morgan fingerprint density at radius 3 is 2.45 bits per heavy atom. The molecule has 0 aliphatic heterocycles. The summed E-state index contributed by atoms with van der Waals surface area (Å²) in [5.41, 5.74) is 3.18. The maximum atomic E-state index is 14.2. The van der Waals surface area contributed by atoms with E-state index in [9.17, 15) is 4.39 Å². The van der Waals surface area contributed by atoms with Crippen LogP contribution in [0.4, 0.5) is 4.39 Å². The van der Waals surface area contributed by atoms with Gasteiger partial charge in [-0.3, -0.25) is 0 Å². The number of thioether (sulfide) groups is 1. The highest BCUT2D eigenvalue weighted by Crippen LogP contribution is 2.42. The van der Waals surface area contributed by atoms with Gasteiger partial charge in [-0.15, -0.1) is 11.3 Å². The average Bonchev–Trinajstić information content (AvgIpc) is 3.28. The minimum atomic E-state index is -0.195. The summed E-state index contributed by atoms with van der Waals surface area (Å²) in [5, 5.41) is 4.74. The SMILES string of the molecule is COc1ccc(CSC(C)(C)[C@H](C)c2nc(-c3ccc(F)c4ccccc34)cs2)cc1. The molecule has 0 amide bonds. The lowest BCUT2D eigenvalue weighted by molar-refractivity contribution is 0.414. The van der Waals surface area contributed by atoms with Gasteiger partial charge in [-0.25, -0.2) is 9.37 Å². The molecule has 3 aromatic carbocycles. The molecule has 1 aromatic heterocycles. The number of thiazole rings is 1. The van der Waals surface area contributed by atoms with Gasteiger partial charge < -0.3 is 4.74 Å². The molecule has 0 N–H and O–H groups in total. The number of ether oxygens (including phenoxy) is 1. The number of hydrogen-bond acceptors (Lipinski definition) is 4. The standard InChI is InChI=1S/C26H26FNOS2/c1-17(26(2,3)31-15-18-9-11-19(29-4)12-10-18)25-28-24(16-30-25)22-13-14-23(27)21-8-6-5-7-20(21)22/h5-14,16-17H,15H2,1-4H3/t17-/m1/s1. The molecule has 2 nitrogen and oxygen atoms in total. The Kier molecular flexibility index (Phi) is 6.35. The highest BCUT2D eigenvalue weighted by Gasteiger charge is 2.30. The molecule has 160 valence electrons. The van der Waals surface area contributed by atoms with Crippen LogP contribution in [0, 0.1) is 5.82 Å². The van der Waals surface area contributed by atoms with Crippen LogP contribution in [0.25, 0.3) is 22.0 Å². The lowest BCUT2D eigenvalue weighted by atomic mass is 9.97. The summed E-state index contributed by atoms with van der Waals surface area (Å²) in [5.74, 6) is 1.90. The number of rotatable bonds is 7. The van der Waals surface area contributed by atoms with Gasteiger partial charge in [0, 0.05) is 32.7 Å². The molecule has 0 radical (unpaired) electrons. The summed E-state index contributed by atoms with van der Waals surface area (Å²) in [7, 11) is 1.69. The minimum absolute atomic E-state index is 0.0138. The summed E-state index contributed by atoms with van der Waals surface area (Å²) >= 11 is 3.62. The Labute approximate surface area is 191 Å². The van der Waals surface area contributed by atoms with E-state index in [4.69, 9.17) is 9.72 Å². The molecular weight excluding hydrogens is 425 g/mol. The number of benzene rings is 3. The van der Waals surface area contributed by atoms with Crippen LogP contribution in [0.5, 0.6) is 5.75 Å². The van der Waals surface area contributed by atoms with Crippen molar-refractivity contribution >= 4 is 33.9 Å². The average molecular weight is 452 g/mol. The highest BCUT2D eigenvalue weighted by atomic mass is 32.2. The third kappa shape index (κ3) is 4.63. The maximum absolute atomic E-state index is 14.2. The van der Waals surface area contributed by atoms with Crippen LogP contribution >= 0.6 is 23.1 Å². The van der Waals surface area contributed by atoms with Gasteiger partial charge in [0.05, 0.1) is 17.8 Å². The fourth-order valence-electron chi connectivity index (χ4n) is 3.51. The van der Waals surface area contributed by atoms with Gasteiger partial charge in [0.15, 0.2) is 0 Å². The van der Waals surface area contributed by atoms with Crippen molar-refractivity contribution in [3.63, 3.8) is 0 Å². The second kappa shape index (κ2) is 9.01. The van der Waals surface area contributed by atoms with E-state index < -0.39 is 0 Å². The third-order valence-corrected chi connectivity index (χ3v) is 8.45. The fraction of sp³-hybridized carbons (Fsp3) is 0.269. The fourth-order valence-corrected chi connectivity index (χ4v) is 5.74. The van der Waals surface area contributed by atoms with Crippen molar-refractivity contribution in [2.24, 2.45) is 0 Å². The lowest BCUT2D eigenvalue weighted by Gasteiger charge is -2.30. The molecule has 0 spiro atoms. The zero-order chi connectivity index (χ0) is 22.0. The van der Waals surface area contributed by atoms with Gasteiger partial charge in [-0.05, 0) is 35.2 Å². The van der Waals surface area contributed by atoms with E-state index in [-0.39, 0.29) is 16.5 Å². The van der Waals surface area contributed by atoms with Crippen molar-refractivity contribution < 1.29 is 9.13 Å². The van der Waals surface area contributed by atoms with Gasteiger partial charge in [0.2, 0.25) is 0 Å². The Bertz CT molecular complexity index is 1180. The summed E-state index contributed by atoms with van der Waals surface area (Å²) < 4.78 is 19.5. The van der Waals surface area contributed by atoms with Gasteiger partial charge >= 0.3 is 0 Å². The first kappa shape index (κ1) is 21.8. The Morgan fingerprint density at radius 2 is 1.74 bits per heavy atom. The summed E-state index contributed by atoms with van der Waals surface area (Å²) in [4.78, 5) is 4.97. The van der Waals surface area contributed by atoms with Crippen LogP contribution in [-0.2, 0) is 5.75 Å². The summed E-state index contributed by atoms with van der Waals surface area (Å²) in [6.07, 6.45) is 0. The second-order valence-electron chi connectivity index (χ2n) is 8.17. The monoisotopic (exact) mass is 451 g/mol. The summed E-state index contributed by atoms with van der Waals surface area (Å²) in [6, 6.07) is 19.2. The molecule has 0 aliphatic carbocycles. The minimum Gasteiger partial charge on any atom is -0.497 e. The first-order valence-corrected chi connectivity index (χ1v) is 12.2. The first-order chi connectivity index (χ1) is 14.9. The zero-order valence-electron chi connectivity index (χ0n) is 18.2. The number of halogens is 1. The molecule has 4 aromatic rings. The van der Waals surface area contributed by atoms with E-state index in [1.165, 1.54) is 11.6 Å². The van der Waals surface area contributed by atoms with Crippen LogP contribution in [-0.4, -0.2) is 16.8 Å². The largest absolute Gasteiger partial charge is 0.497 e. The van der Waals surface area contributed by atoms with Crippen LogP contribution in [0.3, 0.4) is 0 Å². The van der Waals surface area contributed by atoms with E-state index in [1.54, 1.807) is 18.4 Å². The second-order valence-corrected chi connectivity index (χ2v) is 10.7. The van der Waals surface area contributed by atoms with Crippen molar-refractivity contribution in [1.82, 2.24) is 4.98 Å². The Hall–Kier alpha value is -2.37. The van der Waals surface area contributed by atoms with Crippen molar-refractivity contribution in [1.29, 1.82) is 0 Å². The molecule has 5 heteroatoms. The van der Waals surface area contributed by atoms with Gasteiger partial charge in [-0.1, -0.05) is 57.2 Å². The molecule has 0 aliphatic rings. The normalized spacial score (nSPS) is 12.8. The number of aromatic nitrogens is 1. The van der Waals surface area contributed by atoms with Crippen LogP contribution in [0.1, 0.15) is 37.3 Å². The van der Waals surface area contributed by atoms with Crippen molar-refractivity contribution in [3.05, 3.63) is 82.4 Å². The van der Waals surface area contributed by atoms with E-state index in [0.29, 0.717) is 5.39 Å². The molecule has 0 bridgehead atoms. The van der Waals surface area contributed by atoms with E-state index in [2.05, 4.69) is 38.3 Å². The van der Waals surface area contributed by atoms with Crippen LogP contribution in [0.2, 0.25) is 0 Å². The molecular formula is C26H26FNOS2. The highest BCUT2D eigenvalue weighted by molar-refractivity contribution is 7.99. The van der Waals surface area contributed by atoms with E-state index >= 15 is 0 Å². The van der Waals surface area contributed by atoms with E-state index in [1.807, 2.05) is 54.2 Å². The Morgan fingerprint density at radius 1 is 1.03 bits per heavy atom. The topological polar surface area (TPSA) is 22.1 Å². The number of nitrogens with zero attached hydrogens (tertiary/aromatic N) is 1. The number of hydrogen-bond donors (Lipinski definition) is 0. The first-order valence-electron chi connectivity index (χ1n) is 10.3. The van der Waals surface area contributed by atoms with Crippen molar-refractivity contribution in [2.75, 3.05) is 7.11 Å².